The molecule has 5 rings (SSSR count). The average molecular weight is 449 g/mol. The van der Waals surface area contributed by atoms with Crippen molar-refractivity contribution >= 4 is 28.7 Å². The van der Waals surface area contributed by atoms with Gasteiger partial charge in [-0.3, -0.25) is 9.36 Å². The van der Waals surface area contributed by atoms with Crippen LogP contribution in [0.5, 0.6) is 5.75 Å². The number of para-hydroxylation sites is 2. The summed E-state index contributed by atoms with van der Waals surface area (Å²) < 4.78 is 7.10. The molecule has 1 amide bonds. The van der Waals surface area contributed by atoms with Gasteiger partial charge in [0.2, 0.25) is 5.91 Å². The van der Waals surface area contributed by atoms with Crippen LogP contribution in [-0.4, -0.2) is 61.5 Å². The Bertz CT molecular complexity index is 1190. The highest BCUT2D eigenvalue weighted by Gasteiger charge is 2.27. The van der Waals surface area contributed by atoms with E-state index in [0.29, 0.717) is 17.5 Å². The summed E-state index contributed by atoms with van der Waals surface area (Å²) in [4.78, 5) is 23.1. The number of piperidine rings is 1. The van der Waals surface area contributed by atoms with Crippen molar-refractivity contribution in [1.82, 2.24) is 29.6 Å². The number of amides is 1. The number of hydrogen-bond acceptors (Lipinski definition) is 6. The smallest absolute Gasteiger partial charge is 0.233 e. The highest BCUT2D eigenvalue weighted by molar-refractivity contribution is 7.99. The van der Waals surface area contributed by atoms with Gasteiger partial charge in [-0.15, -0.1) is 10.2 Å². The molecule has 164 valence electrons. The zero-order chi connectivity index (χ0) is 21.9. The van der Waals surface area contributed by atoms with Gasteiger partial charge in [0.05, 0.1) is 23.9 Å². The third-order valence-corrected chi connectivity index (χ3v) is 6.69. The molecule has 9 heteroatoms. The van der Waals surface area contributed by atoms with Crippen LogP contribution in [0.4, 0.5) is 0 Å². The Morgan fingerprint density at radius 2 is 2.06 bits per heavy atom. The van der Waals surface area contributed by atoms with E-state index in [1.54, 1.807) is 13.4 Å². The number of nitrogens with zero attached hydrogens (tertiary/aromatic N) is 5. The first-order valence-electron chi connectivity index (χ1n) is 10.6. The number of likely N-dealkylation sites (tertiary alicyclic amines) is 1. The van der Waals surface area contributed by atoms with E-state index in [2.05, 4.69) is 15.2 Å². The van der Waals surface area contributed by atoms with Crippen LogP contribution in [0.25, 0.3) is 16.7 Å². The molecule has 0 bridgehead atoms. The van der Waals surface area contributed by atoms with E-state index in [1.807, 2.05) is 58.0 Å². The number of H-pyrrole nitrogens is 1. The Kier molecular flexibility index (Phi) is 5.81. The van der Waals surface area contributed by atoms with Gasteiger partial charge in [0.1, 0.15) is 17.9 Å². The Morgan fingerprint density at radius 1 is 1.22 bits per heavy atom. The molecule has 8 nitrogen and oxygen atoms in total. The molecule has 0 aliphatic carbocycles. The van der Waals surface area contributed by atoms with Gasteiger partial charge in [0.15, 0.2) is 5.16 Å². The summed E-state index contributed by atoms with van der Waals surface area (Å²) in [5.74, 6) is 2.42. The van der Waals surface area contributed by atoms with Crippen LogP contribution in [0, 0.1) is 0 Å². The third-order valence-electron chi connectivity index (χ3n) is 5.76. The van der Waals surface area contributed by atoms with Crippen molar-refractivity contribution in [3.05, 3.63) is 60.7 Å². The maximum atomic E-state index is 13.0. The van der Waals surface area contributed by atoms with Gasteiger partial charge >= 0.3 is 0 Å². The summed E-state index contributed by atoms with van der Waals surface area (Å²) >= 11 is 1.40. The first kappa shape index (κ1) is 20.6. The predicted octanol–water partition coefficient (Wildman–Crippen LogP) is 3.65. The van der Waals surface area contributed by atoms with Gasteiger partial charge < -0.3 is 14.6 Å². The fraction of sp³-hybridized carbons (Fsp3) is 0.304. The molecule has 32 heavy (non-hydrogen) atoms. The van der Waals surface area contributed by atoms with Crippen molar-refractivity contribution in [1.29, 1.82) is 0 Å². The summed E-state index contributed by atoms with van der Waals surface area (Å²) in [6.07, 6.45) is 3.66. The van der Waals surface area contributed by atoms with Crippen LogP contribution in [0.15, 0.2) is 60.0 Å². The summed E-state index contributed by atoms with van der Waals surface area (Å²) in [6.45, 7) is 1.46. The van der Waals surface area contributed by atoms with E-state index in [0.717, 1.165) is 47.7 Å². The first-order valence-corrected chi connectivity index (χ1v) is 11.6. The first-order chi connectivity index (χ1) is 15.7. The lowest BCUT2D eigenvalue weighted by molar-refractivity contribution is -0.129. The van der Waals surface area contributed by atoms with Gasteiger partial charge in [0, 0.05) is 24.7 Å². The number of carbonyl (C=O) groups is 1. The lowest BCUT2D eigenvalue weighted by Crippen LogP contribution is -2.40. The van der Waals surface area contributed by atoms with Crippen molar-refractivity contribution < 1.29 is 9.53 Å². The molecule has 1 unspecified atom stereocenters. The third kappa shape index (κ3) is 4.20. The fourth-order valence-electron chi connectivity index (χ4n) is 4.05. The summed E-state index contributed by atoms with van der Waals surface area (Å²) in [6, 6.07) is 15.7. The molecule has 1 fully saturated rings. The van der Waals surface area contributed by atoms with Gasteiger partial charge in [-0.2, -0.15) is 0 Å². The van der Waals surface area contributed by atoms with Crippen LogP contribution in [0.2, 0.25) is 0 Å². The Morgan fingerprint density at radius 3 is 2.88 bits per heavy atom. The van der Waals surface area contributed by atoms with Crippen LogP contribution >= 0.6 is 11.8 Å². The standard InChI is InChI=1S/C23H24N6O2S/c1-31-18-10-8-17(9-11-18)29-15-24-27-23(29)32-14-21(30)28-12-4-5-16(13-28)22-25-19-6-2-3-7-20(19)26-22/h2-3,6-11,15-16H,4-5,12-14H2,1H3,(H,25,26). The van der Waals surface area contributed by atoms with Crippen molar-refractivity contribution in [2.24, 2.45) is 0 Å². The zero-order valence-corrected chi connectivity index (χ0v) is 18.6. The minimum Gasteiger partial charge on any atom is -0.497 e. The maximum Gasteiger partial charge on any atom is 0.233 e. The molecule has 4 aromatic rings. The SMILES string of the molecule is COc1ccc(-n2cnnc2SCC(=O)N2CCCC(c3nc4ccccc4[nH]3)C2)cc1. The van der Waals surface area contributed by atoms with E-state index >= 15 is 0 Å². The topological polar surface area (TPSA) is 88.9 Å². The number of carbonyl (C=O) groups excluding carboxylic acids is 1. The molecule has 0 saturated carbocycles. The van der Waals surface area contributed by atoms with Crippen LogP contribution in [0.1, 0.15) is 24.6 Å². The summed E-state index contributed by atoms with van der Waals surface area (Å²) in [5.41, 5.74) is 2.94. The van der Waals surface area contributed by atoms with Crippen molar-refractivity contribution in [3.63, 3.8) is 0 Å². The lowest BCUT2D eigenvalue weighted by atomic mass is 9.97. The second-order valence-corrected chi connectivity index (χ2v) is 8.73. The average Bonchev–Trinajstić information content (AvgIpc) is 3.50. The molecule has 2 aromatic heterocycles. The van der Waals surface area contributed by atoms with Crippen LogP contribution in [0.3, 0.4) is 0 Å². The van der Waals surface area contributed by atoms with E-state index < -0.39 is 0 Å². The number of methoxy groups -OCH3 is 1. The summed E-state index contributed by atoms with van der Waals surface area (Å²) in [5, 5.41) is 8.91. The van der Waals surface area contributed by atoms with Crippen LogP contribution in [-0.2, 0) is 4.79 Å². The second kappa shape index (κ2) is 9.04. The van der Waals surface area contributed by atoms with E-state index in [-0.39, 0.29) is 11.8 Å². The molecule has 0 spiro atoms. The monoisotopic (exact) mass is 448 g/mol. The van der Waals surface area contributed by atoms with Crippen LogP contribution < -0.4 is 4.74 Å². The number of rotatable bonds is 6. The Hall–Kier alpha value is -3.33. The largest absolute Gasteiger partial charge is 0.497 e. The molecule has 1 aliphatic rings. The Balaban J connectivity index is 1.23. The number of benzene rings is 2. The molecule has 1 atom stereocenters. The van der Waals surface area contributed by atoms with Gasteiger partial charge in [-0.05, 0) is 49.2 Å². The lowest BCUT2D eigenvalue weighted by Gasteiger charge is -2.31. The second-order valence-electron chi connectivity index (χ2n) is 7.79. The fourth-order valence-corrected chi connectivity index (χ4v) is 4.88. The number of nitrogens with one attached hydrogen (secondary N) is 1. The molecule has 3 heterocycles. The maximum absolute atomic E-state index is 13.0. The number of fused-ring (bicyclic) bond motifs is 1. The van der Waals surface area contributed by atoms with Gasteiger partial charge in [-0.1, -0.05) is 23.9 Å². The number of aromatic amines is 1. The molecule has 1 N–H and O–H groups in total. The highest BCUT2D eigenvalue weighted by atomic mass is 32.2. The number of ether oxygens (including phenoxy) is 1. The number of imidazole rings is 1. The van der Waals surface area contributed by atoms with Crippen molar-refractivity contribution in [3.8, 4) is 11.4 Å². The molecular formula is C23H24N6O2S. The normalized spacial score (nSPS) is 16.4. The molecule has 1 saturated heterocycles. The molecule has 2 aromatic carbocycles. The van der Waals surface area contributed by atoms with Crippen molar-refractivity contribution in [2.45, 2.75) is 23.9 Å². The summed E-state index contributed by atoms with van der Waals surface area (Å²) in [7, 11) is 1.64. The van der Waals surface area contributed by atoms with E-state index in [4.69, 9.17) is 9.72 Å². The molecule has 1 aliphatic heterocycles. The van der Waals surface area contributed by atoms with E-state index in [1.165, 1.54) is 11.8 Å². The minimum absolute atomic E-state index is 0.111. The number of hydrogen-bond donors (Lipinski definition) is 1. The van der Waals surface area contributed by atoms with Gasteiger partial charge in [0.25, 0.3) is 0 Å². The minimum atomic E-state index is 0.111. The Labute approximate surface area is 190 Å². The number of thioether (sulfide) groups is 1. The van der Waals surface area contributed by atoms with E-state index in [9.17, 15) is 4.79 Å². The van der Waals surface area contributed by atoms with Gasteiger partial charge in [-0.25, -0.2) is 4.98 Å². The quantitative estimate of drug-likeness (QED) is 0.453. The number of aromatic nitrogens is 5. The molecular weight excluding hydrogens is 424 g/mol. The zero-order valence-electron chi connectivity index (χ0n) is 17.8. The highest BCUT2D eigenvalue weighted by Crippen LogP contribution is 2.28. The van der Waals surface area contributed by atoms with Crippen molar-refractivity contribution in [2.75, 3.05) is 26.0 Å². The molecule has 0 radical (unpaired) electrons. The predicted molar refractivity (Wildman–Crippen MR) is 123 cm³/mol.